The van der Waals surface area contributed by atoms with Crippen molar-refractivity contribution in [2.75, 3.05) is 25.4 Å². The summed E-state index contributed by atoms with van der Waals surface area (Å²) in [4.78, 5) is 3.85. The molecule has 0 unspecified atom stereocenters. The fourth-order valence-corrected chi connectivity index (χ4v) is 2.57. The molecule has 0 amide bonds. The topological polar surface area (TPSA) is 3.24 Å². The van der Waals surface area contributed by atoms with Gasteiger partial charge in [0, 0.05) is 17.2 Å². The van der Waals surface area contributed by atoms with Gasteiger partial charge in [0.25, 0.3) is 0 Å². The van der Waals surface area contributed by atoms with Crippen LogP contribution in [0.3, 0.4) is 0 Å². The van der Waals surface area contributed by atoms with E-state index in [1.165, 1.54) is 22.8 Å². The molecule has 0 atom stereocenters. The van der Waals surface area contributed by atoms with Gasteiger partial charge in [-0.2, -0.15) is 0 Å². The van der Waals surface area contributed by atoms with Crippen molar-refractivity contribution in [1.29, 1.82) is 0 Å². The average Bonchev–Trinajstić information content (AvgIpc) is 2.25. The summed E-state index contributed by atoms with van der Waals surface area (Å²) >= 11 is 1.95. The van der Waals surface area contributed by atoms with E-state index in [-0.39, 0.29) is 0 Å². The molecule has 0 radical (unpaired) electrons. The zero-order valence-electron chi connectivity index (χ0n) is 9.99. The fraction of sp³-hybridized carbons (Fsp3) is 0.538. The van der Waals surface area contributed by atoms with Crippen LogP contribution in [0.25, 0.3) is 0 Å². The monoisotopic (exact) mass is 223 g/mol. The van der Waals surface area contributed by atoms with Crippen LogP contribution in [0.15, 0.2) is 29.2 Å². The first-order valence-electron chi connectivity index (χ1n) is 5.68. The summed E-state index contributed by atoms with van der Waals surface area (Å²) in [5.41, 5.74) is 1.35. The molecule has 1 aromatic rings. The summed E-state index contributed by atoms with van der Waals surface area (Å²) < 4.78 is 0. The van der Waals surface area contributed by atoms with Crippen LogP contribution in [-0.4, -0.2) is 30.3 Å². The summed E-state index contributed by atoms with van der Waals surface area (Å²) in [6.45, 7) is 10.1. The second-order valence-electron chi connectivity index (χ2n) is 3.69. The molecule has 2 heteroatoms. The Kier molecular flexibility index (Phi) is 5.81. The Bertz CT molecular complexity index is 282. The molecule has 1 nitrogen and oxygen atoms in total. The quantitative estimate of drug-likeness (QED) is 0.680. The minimum Gasteiger partial charge on any atom is -0.303 e. The molecule has 0 aliphatic rings. The number of benzene rings is 1. The first-order chi connectivity index (χ1) is 7.26. The summed E-state index contributed by atoms with van der Waals surface area (Å²) in [5.74, 6) is 1.19. The molecule has 15 heavy (non-hydrogen) atoms. The maximum absolute atomic E-state index is 2.46. The Balaban J connectivity index is 2.31. The van der Waals surface area contributed by atoms with Crippen molar-refractivity contribution in [2.45, 2.75) is 25.7 Å². The Morgan fingerprint density at radius 1 is 1.20 bits per heavy atom. The van der Waals surface area contributed by atoms with Gasteiger partial charge in [0.05, 0.1) is 0 Å². The standard InChI is InChI=1S/C13H21NS/c1-4-14(5-2)9-10-15-13-8-6-7-12(3)11-13/h6-8,11H,4-5,9-10H2,1-3H3. The Morgan fingerprint density at radius 2 is 1.93 bits per heavy atom. The highest BCUT2D eigenvalue weighted by atomic mass is 32.2. The van der Waals surface area contributed by atoms with Gasteiger partial charge in [-0.1, -0.05) is 31.5 Å². The molecule has 0 aliphatic carbocycles. The van der Waals surface area contributed by atoms with E-state index in [0.717, 1.165) is 13.1 Å². The minimum absolute atomic E-state index is 1.16. The van der Waals surface area contributed by atoms with E-state index in [9.17, 15) is 0 Å². The number of hydrogen-bond acceptors (Lipinski definition) is 2. The molecular formula is C13H21NS. The van der Waals surface area contributed by atoms with Crippen LogP contribution >= 0.6 is 11.8 Å². The van der Waals surface area contributed by atoms with Gasteiger partial charge in [0.2, 0.25) is 0 Å². The second-order valence-corrected chi connectivity index (χ2v) is 4.86. The van der Waals surface area contributed by atoms with Crippen molar-refractivity contribution in [3.63, 3.8) is 0 Å². The first-order valence-corrected chi connectivity index (χ1v) is 6.66. The molecule has 0 N–H and O–H groups in total. The van der Waals surface area contributed by atoms with Gasteiger partial charge in [-0.05, 0) is 32.1 Å². The molecule has 0 heterocycles. The SMILES string of the molecule is CCN(CC)CCSc1cccc(C)c1. The first kappa shape index (κ1) is 12.6. The molecule has 0 spiro atoms. The van der Waals surface area contributed by atoms with Crippen LogP contribution in [0.1, 0.15) is 19.4 Å². The molecule has 0 aromatic heterocycles. The average molecular weight is 223 g/mol. The third kappa shape index (κ3) is 4.72. The maximum atomic E-state index is 2.46. The van der Waals surface area contributed by atoms with Crippen molar-refractivity contribution in [1.82, 2.24) is 4.90 Å². The van der Waals surface area contributed by atoms with Crippen molar-refractivity contribution in [2.24, 2.45) is 0 Å². The van der Waals surface area contributed by atoms with Crippen molar-refractivity contribution < 1.29 is 0 Å². The summed E-state index contributed by atoms with van der Waals surface area (Å²) in [6, 6.07) is 8.73. The van der Waals surface area contributed by atoms with Gasteiger partial charge in [-0.25, -0.2) is 0 Å². The van der Waals surface area contributed by atoms with Gasteiger partial charge in [0.15, 0.2) is 0 Å². The predicted molar refractivity (Wildman–Crippen MR) is 69.7 cm³/mol. The summed E-state index contributed by atoms with van der Waals surface area (Å²) in [7, 11) is 0. The van der Waals surface area contributed by atoms with Crippen LogP contribution in [0, 0.1) is 6.92 Å². The summed E-state index contributed by atoms with van der Waals surface area (Å²) in [5, 5.41) is 0. The highest BCUT2D eigenvalue weighted by Crippen LogP contribution is 2.18. The molecule has 1 rings (SSSR count). The van der Waals surface area contributed by atoms with E-state index in [0.29, 0.717) is 0 Å². The molecule has 0 fully saturated rings. The predicted octanol–water partition coefficient (Wildman–Crippen LogP) is 3.43. The third-order valence-corrected chi connectivity index (χ3v) is 3.53. The number of hydrogen-bond donors (Lipinski definition) is 0. The molecule has 1 aromatic carbocycles. The lowest BCUT2D eigenvalue weighted by atomic mass is 10.2. The van der Waals surface area contributed by atoms with E-state index in [1.54, 1.807) is 0 Å². The largest absolute Gasteiger partial charge is 0.303 e. The zero-order valence-corrected chi connectivity index (χ0v) is 10.8. The van der Waals surface area contributed by atoms with Gasteiger partial charge >= 0.3 is 0 Å². The Labute approximate surface area is 97.9 Å². The van der Waals surface area contributed by atoms with E-state index in [4.69, 9.17) is 0 Å². The van der Waals surface area contributed by atoms with Crippen molar-refractivity contribution in [3.8, 4) is 0 Å². The highest BCUT2D eigenvalue weighted by molar-refractivity contribution is 7.99. The third-order valence-electron chi connectivity index (χ3n) is 2.56. The van der Waals surface area contributed by atoms with Gasteiger partial charge in [-0.15, -0.1) is 11.8 Å². The van der Waals surface area contributed by atoms with Crippen LogP contribution in [0.2, 0.25) is 0 Å². The van der Waals surface area contributed by atoms with Crippen LogP contribution in [-0.2, 0) is 0 Å². The number of aryl methyl sites for hydroxylation is 1. The van der Waals surface area contributed by atoms with Crippen LogP contribution in [0.4, 0.5) is 0 Å². The Morgan fingerprint density at radius 3 is 2.53 bits per heavy atom. The fourth-order valence-electron chi connectivity index (χ4n) is 1.54. The van der Waals surface area contributed by atoms with Crippen molar-refractivity contribution >= 4 is 11.8 Å². The number of nitrogens with zero attached hydrogens (tertiary/aromatic N) is 1. The molecular weight excluding hydrogens is 202 g/mol. The van der Waals surface area contributed by atoms with E-state index < -0.39 is 0 Å². The van der Waals surface area contributed by atoms with Crippen molar-refractivity contribution in [3.05, 3.63) is 29.8 Å². The van der Waals surface area contributed by atoms with Gasteiger partial charge < -0.3 is 4.90 Å². The lowest BCUT2D eigenvalue weighted by Gasteiger charge is -2.17. The van der Waals surface area contributed by atoms with Crippen LogP contribution in [0.5, 0.6) is 0 Å². The van der Waals surface area contributed by atoms with Crippen LogP contribution < -0.4 is 0 Å². The molecule has 0 saturated carbocycles. The van der Waals surface area contributed by atoms with Gasteiger partial charge in [0.1, 0.15) is 0 Å². The van der Waals surface area contributed by atoms with Gasteiger partial charge in [-0.3, -0.25) is 0 Å². The molecule has 0 saturated heterocycles. The smallest absolute Gasteiger partial charge is 0.0108 e. The van der Waals surface area contributed by atoms with E-state index >= 15 is 0 Å². The van der Waals surface area contributed by atoms with E-state index in [1.807, 2.05) is 11.8 Å². The second kappa shape index (κ2) is 6.91. The number of thioether (sulfide) groups is 1. The Hall–Kier alpha value is -0.470. The lowest BCUT2D eigenvalue weighted by molar-refractivity contribution is 0.324. The molecule has 0 bridgehead atoms. The minimum atomic E-state index is 1.16. The molecule has 0 aliphatic heterocycles. The maximum Gasteiger partial charge on any atom is 0.0108 e. The highest BCUT2D eigenvalue weighted by Gasteiger charge is 1.99. The lowest BCUT2D eigenvalue weighted by Crippen LogP contribution is -2.25. The summed E-state index contributed by atoms with van der Waals surface area (Å²) in [6.07, 6.45) is 0. The number of rotatable bonds is 6. The van der Waals surface area contributed by atoms with E-state index in [2.05, 4.69) is 49.9 Å². The normalized spacial score (nSPS) is 10.9. The zero-order chi connectivity index (χ0) is 11.1. The molecule has 84 valence electrons.